The number of benzene rings is 2. The molecule has 2 aromatic rings. The molecule has 0 radical (unpaired) electrons. The van der Waals surface area contributed by atoms with Gasteiger partial charge in [0.1, 0.15) is 0 Å². The van der Waals surface area contributed by atoms with Gasteiger partial charge in [-0.05, 0) is 59.3 Å². The van der Waals surface area contributed by atoms with Gasteiger partial charge in [-0.1, -0.05) is 60.7 Å². The smallest absolute Gasteiger partial charge is 0.0233 e. The first kappa shape index (κ1) is 21.4. The summed E-state index contributed by atoms with van der Waals surface area (Å²) in [6, 6.07) is 22.5. The van der Waals surface area contributed by atoms with Crippen molar-refractivity contribution in [1.82, 2.24) is 9.80 Å². The zero-order valence-electron chi connectivity index (χ0n) is 16.9. The number of likely N-dealkylation sites (N-methyl/N-ethyl adjacent to an activating group) is 1. The van der Waals surface area contributed by atoms with Crippen molar-refractivity contribution < 1.29 is 0 Å². The number of hydrogen-bond donors (Lipinski definition) is 0. The second-order valence-electron chi connectivity index (χ2n) is 7.30. The summed E-state index contributed by atoms with van der Waals surface area (Å²) in [6.45, 7) is 11.1. The van der Waals surface area contributed by atoms with Crippen LogP contribution >= 0.6 is 0 Å². The van der Waals surface area contributed by atoms with Gasteiger partial charge in [0, 0.05) is 25.2 Å². The zero-order chi connectivity index (χ0) is 18.7. The molecule has 0 aliphatic carbocycles. The molecule has 0 unspecified atom stereocenters. The van der Waals surface area contributed by atoms with Crippen molar-refractivity contribution in [2.24, 2.45) is 0 Å². The van der Waals surface area contributed by atoms with Crippen LogP contribution in [0, 0.1) is 0 Å². The fourth-order valence-corrected chi connectivity index (χ4v) is 2.26. The highest BCUT2D eigenvalue weighted by atomic mass is 15.1. The summed E-state index contributed by atoms with van der Waals surface area (Å²) in [5, 5.41) is 0. The third-order valence-electron chi connectivity index (χ3n) is 4.63. The van der Waals surface area contributed by atoms with Gasteiger partial charge in [0.15, 0.2) is 0 Å². The lowest BCUT2D eigenvalue weighted by molar-refractivity contribution is 0.266. The van der Waals surface area contributed by atoms with Crippen molar-refractivity contribution in [3.8, 4) is 0 Å². The topological polar surface area (TPSA) is 6.48 Å². The van der Waals surface area contributed by atoms with Crippen molar-refractivity contribution in [1.29, 1.82) is 0 Å². The van der Waals surface area contributed by atoms with E-state index in [1.54, 1.807) is 0 Å². The van der Waals surface area contributed by atoms with E-state index in [-0.39, 0.29) is 0 Å². The van der Waals surface area contributed by atoms with Crippen LogP contribution in [0.3, 0.4) is 0 Å². The van der Waals surface area contributed by atoms with Crippen LogP contribution in [0.5, 0.6) is 0 Å². The first-order valence-corrected chi connectivity index (χ1v) is 9.38. The first-order valence-electron chi connectivity index (χ1n) is 9.38. The standard InChI is InChI=1S/C12H19N.C11H17N/c1-11(2)13(3)10-9-12-7-5-4-6-8-12;1-10(2)12(3)9-11-7-5-4-6-8-11/h4-8,11H,9-10H2,1-3H3;4-8,10H,9H2,1-3H3. The molecule has 0 amide bonds. The maximum atomic E-state index is 2.37. The fraction of sp³-hybridized carbons (Fsp3) is 0.478. The molecule has 0 spiro atoms. The molecule has 2 aromatic carbocycles. The molecular weight excluding hydrogens is 304 g/mol. The third kappa shape index (κ3) is 9.42. The minimum atomic E-state index is 0.616. The molecule has 2 nitrogen and oxygen atoms in total. The van der Waals surface area contributed by atoms with Gasteiger partial charge in [-0.15, -0.1) is 0 Å². The molecule has 25 heavy (non-hydrogen) atoms. The zero-order valence-corrected chi connectivity index (χ0v) is 16.9. The Morgan fingerprint density at radius 2 is 1.08 bits per heavy atom. The maximum Gasteiger partial charge on any atom is 0.0233 e. The Hall–Kier alpha value is -1.64. The predicted molar refractivity (Wildman–Crippen MR) is 111 cm³/mol. The lowest BCUT2D eigenvalue weighted by Crippen LogP contribution is -2.28. The Kier molecular flexibility index (Phi) is 10.1. The summed E-state index contributed by atoms with van der Waals surface area (Å²) < 4.78 is 0. The van der Waals surface area contributed by atoms with E-state index in [0.717, 1.165) is 19.5 Å². The van der Waals surface area contributed by atoms with Crippen LogP contribution in [0.4, 0.5) is 0 Å². The monoisotopic (exact) mass is 340 g/mol. The van der Waals surface area contributed by atoms with E-state index in [4.69, 9.17) is 0 Å². The minimum absolute atomic E-state index is 0.616. The van der Waals surface area contributed by atoms with Gasteiger partial charge >= 0.3 is 0 Å². The van der Waals surface area contributed by atoms with E-state index in [1.165, 1.54) is 11.1 Å². The second kappa shape index (κ2) is 11.8. The van der Waals surface area contributed by atoms with E-state index >= 15 is 0 Å². The summed E-state index contributed by atoms with van der Waals surface area (Å²) in [5.74, 6) is 0. The van der Waals surface area contributed by atoms with E-state index in [9.17, 15) is 0 Å². The van der Waals surface area contributed by atoms with Gasteiger partial charge in [0.25, 0.3) is 0 Å². The van der Waals surface area contributed by atoms with E-state index in [0.29, 0.717) is 12.1 Å². The van der Waals surface area contributed by atoms with Crippen molar-refractivity contribution in [3.05, 3.63) is 71.8 Å². The van der Waals surface area contributed by atoms with Crippen LogP contribution in [0.2, 0.25) is 0 Å². The molecule has 2 heteroatoms. The Labute approximate surface area is 155 Å². The van der Waals surface area contributed by atoms with Crippen LogP contribution in [0.15, 0.2) is 60.7 Å². The van der Waals surface area contributed by atoms with Crippen LogP contribution < -0.4 is 0 Å². The Morgan fingerprint density at radius 3 is 1.52 bits per heavy atom. The average molecular weight is 341 g/mol. The van der Waals surface area contributed by atoms with Gasteiger partial charge in [-0.25, -0.2) is 0 Å². The van der Waals surface area contributed by atoms with Crippen LogP contribution in [0.1, 0.15) is 38.8 Å². The molecule has 0 N–H and O–H groups in total. The number of rotatable bonds is 7. The highest BCUT2D eigenvalue weighted by Gasteiger charge is 2.03. The predicted octanol–water partition coefficient (Wildman–Crippen LogP) is 5.10. The summed E-state index contributed by atoms with van der Waals surface area (Å²) in [4.78, 5) is 4.70. The SMILES string of the molecule is CC(C)N(C)CCc1ccccc1.CC(C)N(C)Cc1ccccc1. The maximum absolute atomic E-state index is 2.37. The van der Waals surface area contributed by atoms with Gasteiger partial charge < -0.3 is 4.90 Å². The normalized spacial score (nSPS) is 11.1. The molecule has 0 aliphatic rings. The molecule has 0 saturated carbocycles. The molecule has 0 heterocycles. The first-order chi connectivity index (χ1) is 11.9. The van der Waals surface area contributed by atoms with Crippen LogP contribution in [0.25, 0.3) is 0 Å². The highest BCUT2D eigenvalue weighted by Crippen LogP contribution is 2.05. The summed E-state index contributed by atoms with van der Waals surface area (Å²) in [7, 11) is 4.32. The van der Waals surface area contributed by atoms with Crippen molar-refractivity contribution in [2.75, 3.05) is 20.6 Å². The van der Waals surface area contributed by atoms with Gasteiger partial charge in [-0.2, -0.15) is 0 Å². The molecule has 0 bridgehead atoms. The van der Waals surface area contributed by atoms with Crippen LogP contribution in [-0.2, 0) is 13.0 Å². The molecule has 2 rings (SSSR count). The minimum Gasteiger partial charge on any atom is -0.304 e. The average Bonchev–Trinajstić information content (AvgIpc) is 2.61. The molecule has 138 valence electrons. The summed E-state index contributed by atoms with van der Waals surface area (Å²) >= 11 is 0. The number of nitrogens with zero attached hydrogens (tertiary/aromatic N) is 2. The Balaban J connectivity index is 0.000000251. The summed E-state index contributed by atoms with van der Waals surface area (Å²) in [5.41, 5.74) is 2.81. The molecule has 0 saturated heterocycles. The lowest BCUT2D eigenvalue weighted by atomic mass is 10.1. The highest BCUT2D eigenvalue weighted by molar-refractivity contribution is 5.15. The molecule has 0 aliphatic heterocycles. The van der Waals surface area contributed by atoms with Crippen molar-refractivity contribution in [3.63, 3.8) is 0 Å². The van der Waals surface area contributed by atoms with Crippen molar-refractivity contribution in [2.45, 2.75) is 52.7 Å². The molecular formula is C23H36N2. The second-order valence-corrected chi connectivity index (χ2v) is 7.30. The largest absolute Gasteiger partial charge is 0.304 e. The fourth-order valence-electron chi connectivity index (χ4n) is 2.26. The van der Waals surface area contributed by atoms with Gasteiger partial charge in [0.05, 0.1) is 0 Å². The third-order valence-corrected chi connectivity index (χ3v) is 4.63. The van der Waals surface area contributed by atoms with E-state index in [1.807, 2.05) is 0 Å². The number of hydrogen-bond acceptors (Lipinski definition) is 2. The van der Waals surface area contributed by atoms with Crippen LogP contribution in [-0.4, -0.2) is 42.5 Å². The molecule has 0 atom stereocenters. The quantitative estimate of drug-likeness (QED) is 0.692. The Bertz CT molecular complexity index is 549. The van der Waals surface area contributed by atoms with E-state index in [2.05, 4.69) is 112 Å². The Morgan fingerprint density at radius 1 is 0.640 bits per heavy atom. The van der Waals surface area contributed by atoms with Gasteiger partial charge in [-0.3, -0.25) is 4.90 Å². The lowest BCUT2D eigenvalue weighted by Gasteiger charge is -2.20. The van der Waals surface area contributed by atoms with Crippen molar-refractivity contribution >= 4 is 0 Å². The summed E-state index contributed by atoms with van der Waals surface area (Å²) in [6.07, 6.45) is 1.15. The molecule has 0 aromatic heterocycles. The van der Waals surface area contributed by atoms with E-state index < -0.39 is 0 Å². The van der Waals surface area contributed by atoms with Gasteiger partial charge in [0.2, 0.25) is 0 Å². The molecule has 0 fully saturated rings.